The van der Waals surface area contributed by atoms with Gasteiger partial charge in [0.05, 0.1) is 12.9 Å². The Balaban J connectivity index is 1.62. The molecule has 3 rings (SSSR count). The molecule has 1 N–H and O–H groups in total. The summed E-state index contributed by atoms with van der Waals surface area (Å²) in [5.74, 6) is 2.87. The summed E-state index contributed by atoms with van der Waals surface area (Å²) in [6.45, 7) is 9.53. The summed E-state index contributed by atoms with van der Waals surface area (Å²) in [5.41, 5.74) is 2.28. The average Bonchev–Trinajstić information content (AvgIpc) is 3.19. The number of hydrogen-bond acceptors (Lipinski definition) is 6. The van der Waals surface area contributed by atoms with Crippen LogP contribution >= 0.6 is 11.8 Å². The Morgan fingerprint density at radius 1 is 1.03 bits per heavy atom. The monoisotopic (exact) mass is 468 g/mol. The van der Waals surface area contributed by atoms with Crippen LogP contribution in [-0.4, -0.2) is 33.5 Å². The van der Waals surface area contributed by atoms with Gasteiger partial charge in [-0.05, 0) is 49.6 Å². The number of hydrogen-bond donors (Lipinski definition) is 1. The van der Waals surface area contributed by atoms with Crippen LogP contribution in [0.3, 0.4) is 0 Å². The Morgan fingerprint density at radius 2 is 1.70 bits per heavy atom. The number of aromatic nitrogens is 3. The molecule has 0 aliphatic rings. The van der Waals surface area contributed by atoms with E-state index in [-0.39, 0.29) is 17.8 Å². The first-order valence-electron chi connectivity index (χ1n) is 11.0. The van der Waals surface area contributed by atoms with Crippen LogP contribution in [0.5, 0.6) is 11.5 Å². The van der Waals surface area contributed by atoms with Crippen LogP contribution < -0.4 is 14.8 Å². The molecule has 33 heavy (non-hydrogen) atoms. The van der Waals surface area contributed by atoms with Gasteiger partial charge in [-0.15, -0.1) is 10.2 Å². The number of aryl methyl sites for hydroxylation is 1. The van der Waals surface area contributed by atoms with E-state index < -0.39 is 0 Å². The van der Waals surface area contributed by atoms with E-state index in [1.165, 1.54) is 17.3 Å². The Hall–Kier alpha value is -3.00. The van der Waals surface area contributed by atoms with Crippen molar-refractivity contribution in [3.05, 3.63) is 65.5 Å². The number of nitrogens with zero attached hydrogens (tertiary/aromatic N) is 3. The van der Waals surface area contributed by atoms with Crippen molar-refractivity contribution in [2.45, 2.75) is 52.0 Å². The van der Waals surface area contributed by atoms with Crippen LogP contribution in [0.1, 0.15) is 43.8 Å². The van der Waals surface area contributed by atoms with Gasteiger partial charge >= 0.3 is 0 Å². The third-order valence-electron chi connectivity index (χ3n) is 4.97. The third-order valence-corrected chi connectivity index (χ3v) is 5.94. The van der Waals surface area contributed by atoms with Gasteiger partial charge < -0.3 is 19.4 Å². The minimum absolute atomic E-state index is 0.0382. The molecule has 0 aliphatic heterocycles. The number of rotatable bonds is 11. The second-order valence-corrected chi connectivity index (χ2v) is 9.27. The largest absolute Gasteiger partial charge is 0.497 e. The number of methoxy groups -OCH3 is 1. The maximum Gasteiger partial charge on any atom is 0.230 e. The van der Waals surface area contributed by atoms with Crippen LogP contribution in [0, 0.1) is 12.8 Å². The van der Waals surface area contributed by atoms with E-state index in [4.69, 9.17) is 9.47 Å². The molecule has 1 amide bonds. The summed E-state index contributed by atoms with van der Waals surface area (Å²) in [6, 6.07) is 15.6. The maximum atomic E-state index is 12.4. The molecule has 0 bridgehead atoms. The molecule has 0 spiro atoms. The Bertz CT molecular complexity index is 1030. The van der Waals surface area contributed by atoms with Crippen LogP contribution in [0.2, 0.25) is 0 Å². The fraction of sp³-hybridized carbons (Fsp3) is 0.400. The van der Waals surface area contributed by atoms with E-state index in [0.717, 1.165) is 34.6 Å². The second-order valence-electron chi connectivity index (χ2n) is 8.33. The first kappa shape index (κ1) is 24.6. The van der Waals surface area contributed by atoms with Gasteiger partial charge in [0.2, 0.25) is 5.91 Å². The van der Waals surface area contributed by atoms with Crippen LogP contribution in [-0.2, 0) is 17.9 Å². The van der Waals surface area contributed by atoms with Crippen molar-refractivity contribution >= 4 is 17.7 Å². The SMILES string of the molecule is COc1ccc(OC(C)c2nnc(SCC(=O)NCc3ccc(C)cc3)n2CC(C)C)cc1. The van der Waals surface area contributed by atoms with E-state index in [0.29, 0.717) is 12.5 Å². The average molecular weight is 469 g/mol. The van der Waals surface area contributed by atoms with Crippen molar-refractivity contribution in [1.29, 1.82) is 0 Å². The molecule has 2 aromatic carbocycles. The number of thioether (sulfide) groups is 1. The topological polar surface area (TPSA) is 78.3 Å². The fourth-order valence-electron chi connectivity index (χ4n) is 3.24. The van der Waals surface area contributed by atoms with Gasteiger partial charge in [-0.1, -0.05) is 55.4 Å². The number of amides is 1. The third kappa shape index (κ3) is 7.25. The van der Waals surface area contributed by atoms with Gasteiger partial charge in [0.25, 0.3) is 0 Å². The fourth-order valence-corrected chi connectivity index (χ4v) is 4.03. The van der Waals surface area contributed by atoms with Crippen LogP contribution in [0.4, 0.5) is 0 Å². The number of benzene rings is 2. The molecule has 0 aliphatic carbocycles. The number of ether oxygens (including phenoxy) is 2. The number of carbonyl (C=O) groups excluding carboxylic acids is 1. The Labute approximate surface area is 199 Å². The summed E-state index contributed by atoms with van der Waals surface area (Å²) >= 11 is 1.39. The lowest BCUT2D eigenvalue weighted by Crippen LogP contribution is -2.24. The van der Waals surface area contributed by atoms with E-state index in [9.17, 15) is 4.79 Å². The van der Waals surface area contributed by atoms with Crippen molar-refractivity contribution in [3.63, 3.8) is 0 Å². The molecule has 0 radical (unpaired) electrons. The Kier molecular flexibility index (Phi) is 8.77. The highest BCUT2D eigenvalue weighted by Gasteiger charge is 2.21. The predicted molar refractivity (Wildman–Crippen MR) is 131 cm³/mol. The zero-order chi connectivity index (χ0) is 23.8. The summed E-state index contributed by atoms with van der Waals surface area (Å²) < 4.78 is 13.3. The van der Waals surface area contributed by atoms with Gasteiger partial charge in [0, 0.05) is 13.1 Å². The quantitative estimate of drug-likeness (QED) is 0.407. The first-order chi connectivity index (χ1) is 15.9. The highest BCUT2D eigenvalue weighted by Crippen LogP contribution is 2.26. The van der Waals surface area contributed by atoms with E-state index in [2.05, 4.69) is 33.9 Å². The predicted octanol–water partition coefficient (Wildman–Crippen LogP) is 4.80. The lowest BCUT2D eigenvalue weighted by atomic mass is 10.1. The zero-order valence-electron chi connectivity index (χ0n) is 19.9. The molecule has 1 unspecified atom stereocenters. The molecule has 7 nitrogen and oxygen atoms in total. The molecule has 1 heterocycles. The van der Waals surface area contributed by atoms with E-state index in [1.807, 2.05) is 62.4 Å². The summed E-state index contributed by atoms with van der Waals surface area (Å²) in [7, 11) is 1.63. The number of carbonyl (C=O) groups is 1. The highest BCUT2D eigenvalue weighted by molar-refractivity contribution is 7.99. The van der Waals surface area contributed by atoms with Crippen molar-refractivity contribution < 1.29 is 14.3 Å². The molecule has 0 saturated heterocycles. The summed E-state index contributed by atoms with van der Waals surface area (Å²) in [5, 5.41) is 12.4. The second kappa shape index (κ2) is 11.7. The van der Waals surface area contributed by atoms with Gasteiger partial charge in [0.15, 0.2) is 17.1 Å². The minimum atomic E-state index is -0.297. The molecular formula is C25H32N4O3S. The van der Waals surface area contributed by atoms with Gasteiger partial charge in [-0.3, -0.25) is 4.79 Å². The molecule has 8 heteroatoms. The maximum absolute atomic E-state index is 12.4. The van der Waals surface area contributed by atoms with Gasteiger partial charge in [-0.25, -0.2) is 0 Å². The van der Waals surface area contributed by atoms with Crippen molar-refractivity contribution in [3.8, 4) is 11.5 Å². The molecule has 1 aromatic heterocycles. The highest BCUT2D eigenvalue weighted by atomic mass is 32.2. The molecule has 176 valence electrons. The van der Waals surface area contributed by atoms with Crippen LogP contribution in [0.15, 0.2) is 53.7 Å². The van der Waals surface area contributed by atoms with Crippen LogP contribution in [0.25, 0.3) is 0 Å². The van der Waals surface area contributed by atoms with Gasteiger partial charge in [-0.2, -0.15) is 0 Å². The van der Waals surface area contributed by atoms with Crippen molar-refractivity contribution in [1.82, 2.24) is 20.1 Å². The molecule has 3 aromatic rings. The lowest BCUT2D eigenvalue weighted by molar-refractivity contribution is -0.118. The lowest BCUT2D eigenvalue weighted by Gasteiger charge is -2.18. The molecule has 0 saturated carbocycles. The molecule has 1 atom stereocenters. The molecule has 0 fully saturated rings. The van der Waals surface area contributed by atoms with Gasteiger partial charge in [0.1, 0.15) is 11.5 Å². The number of nitrogens with one attached hydrogen (secondary N) is 1. The first-order valence-corrected chi connectivity index (χ1v) is 12.0. The normalized spacial score (nSPS) is 11.9. The van der Waals surface area contributed by atoms with E-state index in [1.54, 1.807) is 7.11 Å². The summed E-state index contributed by atoms with van der Waals surface area (Å²) in [4.78, 5) is 12.4. The Morgan fingerprint density at radius 3 is 2.33 bits per heavy atom. The zero-order valence-corrected chi connectivity index (χ0v) is 20.7. The minimum Gasteiger partial charge on any atom is -0.497 e. The standard InChI is InChI=1S/C25H32N4O3S/c1-17(2)15-29-24(19(4)32-22-12-10-21(31-5)11-13-22)27-28-25(29)33-16-23(30)26-14-20-8-6-18(3)7-9-20/h6-13,17,19H,14-16H2,1-5H3,(H,26,30). The smallest absolute Gasteiger partial charge is 0.230 e. The van der Waals surface area contributed by atoms with Crippen molar-refractivity contribution in [2.24, 2.45) is 5.92 Å². The summed E-state index contributed by atoms with van der Waals surface area (Å²) in [6.07, 6.45) is -0.297. The van der Waals surface area contributed by atoms with E-state index >= 15 is 0 Å². The van der Waals surface area contributed by atoms with Crippen molar-refractivity contribution in [2.75, 3.05) is 12.9 Å². The molecular weight excluding hydrogens is 436 g/mol.